The van der Waals surface area contributed by atoms with E-state index in [4.69, 9.17) is 5.73 Å². The maximum absolute atomic E-state index is 6.30. The van der Waals surface area contributed by atoms with Crippen LogP contribution < -0.4 is 10.6 Å². The Morgan fingerprint density at radius 3 is 2.62 bits per heavy atom. The van der Waals surface area contributed by atoms with Gasteiger partial charge in [-0.05, 0) is 36.8 Å². The average Bonchev–Trinajstić information content (AvgIpc) is 2.79. The molecule has 0 fully saturated rings. The predicted octanol–water partition coefficient (Wildman–Crippen LogP) is 3.72. The Kier molecular flexibility index (Phi) is 3.37. The van der Waals surface area contributed by atoms with Crippen LogP contribution in [0.5, 0.6) is 0 Å². The number of nitrogens with two attached hydrogens (primary N) is 1. The van der Waals surface area contributed by atoms with Gasteiger partial charge in [-0.1, -0.05) is 22.0 Å². The predicted molar refractivity (Wildman–Crippen MR) is 91.8 cm³/mol. The number of hydrogen-bond acceptors (Lipinski definition) is 3. The van der Waals surface area contributed by atoms with Crippen molar-refractivity contribution in [3.63, 3.8) is 0 Å². The topological polar surface area (TPSA) is 46.6 Å². The number of fused-ring (bicyclic) bond motifs is 1. The molecule has 2 aromatic heterocycles. The molecule has 0 amide bonds. The van der Waals surface area contributed by atoms with Crippen LogP contribution >= 0.6 is 15.9 Å². The number of halogens is 1. The number of benzene rings is 1. The molecule has 0 bridgehead atoms. The molecule has 3 aromatic rings. The van der Waals surface area contributed by atoms with Crippen molar-refractivity contribution >= 4 is 33.1 Å². The molecule has 1 aromatic carbocycles. The first-order valence-corrected chi connectivity index (χ1v) is 7.48. The van der Waals surface area contributed by atoms with Crippen molar-refractivity contribution in [1.29, 1.82) is 0 Å². The molecule has 108 valence electrons. The van der Waals surface area contributed by atoms with E-state index in [1.54, 1.807) is 0 Å². The normalized spacial score (nSPS) is 11.0. The molecule has 0 spiro atoms. The average molecular weight is 345 g/mol. The Morgan fingerprint density at radius 2 is 1.95 bits per heavy atom. The Balaban J connectivity index is 2.19. The number of imidazole rings is 1. The van der Waals surface area contributed by atoms with Crippen LogP contribution in [-0.2, 0) is 0 Å². The molecule has 0 unspecified atom stereocenters. The highest BCUT2D eigenvalue weighted by Crippen LogP contribution is 2.30. The molecule has 21 heavy (non-hydrogen) atoms. The van der Waals surface area contributed by atoms with Gasteiger partial charge in [0.25, 0.3) is 0 Å². The van der Waals surface area contributed by atoms with Gasteiger partial charge in [0.05, 0.1) is 5.69 Å². The van der Waals surface area contributed by atoms with E-state index in [9.17, 15) is 0 Å². The summed E-state index contributed by atoms with van der Waals surface area (Å²) in [7, 11) is 4.01. The fraction of sp³-hybridized carbons (Fsp3) is 0.188. The van der Waals surface area contributed by atoms with E-state index in [1.807, 2.05) is 53.9 Å². The lowest BCUT2D eigenvalue weighted by Crippen LogP contribution is -2.09. The van der Waals surface area contributed by atoms with E-state index in [-0.39, 0.29) is 0 Å². The maximum atomic E-state index is 6.30. The molecule has 2 heterocycles. The van der Waals surface area contributed by atoms with Gasteiger partial charge in [-0.15, -0.1) is 0 Å². The minimum atomic E-state index is 0.662. The van der Waals surface area contributed by atoms with Gasteiger partial charge in [0, 0.05) is 30.3 Å². The molecule has 3 rings (SSSR count). The van der Waals surface area contributed by atoms with Crippen LogP contribution in [0.3, 0.4) is 0 Å². The van der Waals surface area contributed by atoms with E-state index < -0.39 is 0 Å². The van der Waals surface area contributed by atoms with Crippen LogP contribution in [-0.4, -0.2) is 23.5 Å². The Labute approximate surface area is 132 Å². The summed E-state index contributed by atoms with van der Waals surface area (Å²) in [6, 6.07) is 10.2. The molecule has 0 aliphatic rings. The zero-order chi connectivity index (χ0) is 15.1. The molecule has 2 N–H and O–H groups in total. The number of rotatable bonds is 2. The van der Waals surface area contributed by atoms with Gasteiger partial charge in [0.2, 0.25) is 0 Å². The third-order valence-corrected chi connectivity index (χ3v) is 4.48. The van der Waals surface area contributed by atoms with Crippen molar-refractivity contribution in [2.75, 3.05) is 24.7 Å². The number of hydrogen-bond donors (Lipinski definition) is 1. The minimum Gasteiger partial charge on any atom is -0.383 e. The summed E-state index contributed by atoms with van der Waals surface area (Å²) in [5, 5.41) is 0. The SMILES string of the molecule is Cc1cc(-c2nc3ccc(N(C)C)cn3c2N)ccc1Br. The standard InChI is InChI=1S/C16H17BrN4/c1-10-8-11(4-6-13(10)17)15-16(18)21-9-12(20(2)3)5-7-14(21)19-15/h4-9H,18H2,1-3H3. The van der Waals surface area contributed by atoms with Crippen LogP contribution in [0.1, 0.15) is 5.56 Å². The zero-order valence-electron chi connectivity index (χ0n) is 12.3. The van der Waals surface area contributed by atoms with Crippen molar-refractivity contribution < 1.29 is 0 Å². The van der Waals surface area contributed by atoms with Crippen LogP contribution in [0.2, 0.25) is 0 Å². The minimum absolute atomic E-state index is 0.662. The highest BCUT2D eigenvalue weighted by molar-refractivity contribution is 9.10. The zero-order valence-corrected chi connectivity index (χ0v) is 13.8. The first-order valence-electron chi connectivity index (χ1n) is 6.69. The molecular weight excluding hydrogens is 328 g/mol. The summed E-state index contributed by atoms with van der Waals surface area (Å²) in [6.45, 7) is 2.06. The third kappa shape index (κ3) is 2.38. The highest BCUT2D eigenvalue weighted by Gasteiger charge is 2.12. The van der Waals surface area contributed by atoms with Gasteiger partial charge in [-0.3, -0.25) is 4.40 Å². The summed E-state index contributed by atoms with van der Waals surface area (Å²) in [4.78, 5) is 6.70. The van der Waals surface area contributed by atoms with Crippen molar-refractivity contribution in [3.8, 4) is 11.3 Å². The van der Waals surface area contributed by atoms with Crippen LogP contribution in [0.25, 0.3) is 16.9 Å². The fourth-order valence-corrected chi connectivity index (χ4v) is 2.57. The van der Waals surface area contributed by atoms with Gasteiger partial charge in [-0.2, -0.15) is 0 Å². The number of aromatic nitrogens is 2. The second-order valence-corrected chi connectivity index (χ2v) is 6.17. The molecule has 0 saturated heterocycles. The smallest absolute Gasteiger partial charge is 0.139 e. The van der Waals surface area contributed by atoms with Crippen molar-refractivity contribution in [3.05, 3.63) is 46.6 Å². The third-order valence-electron chi connectivity index (χ3n) is 3.59. The summed E-state index contributed by atoms with van der Waals surface area (Å²) < 4.78 is 3.02. The van der Waals surface area contributed by atoms with E-state index in [0.717, 1.165) is 32.6 Å². The fourth-order valence-electron chi connectivity index (χ4n) is 2.32. The van der Waals surface area contributed by atoms with Gasteiger partial charge in [-0.25, -0.2) is 4.98 Å². The number of anilines is 2. The van der Waals surface area contributed by atoms with Gasteiger partial charge < -0.3 is 10.6 Å². The Morgan fingerprint density at radius 1 is 1.19 bits per heavy atom. The van der Waals surface area contributed by atoms with Gasteiger partial charge in [0.15, 0.2) is 0 Å². The number of nitrogen functional groups attached to an aromatic ring is 1. The summed E-state index contributed by atoms with van der Waals surface area (Å²) >= 11 is 3.52. The molecular formula is C16H17BrN4. The lowest BCUT2D eigenvalue weighted by Gasteiger charge is -2.12. The molecule has 0 aliphatic carbocycles. The lowest BCUT2D eigenvalue weighted by atomic mass is 10.1. The van der Waals surface area contributed by atoms with E-state index >= 15 is 0 Å². The number of aryl methyl sites for hydroxylation is 1. The monoisotopic (exact) mass is 344 g/mol. The largest absolute Gasteiger partial charge is 0.383 e. The second-order valence-electron chi connectivity index (χ2n) is 5.32. The van der Waals surface area contributed by atoms with Crippen molar-refractivity contribution in [1.82, 2.24) is 9.38 Å². The highest BCUT2D eigenvalue weighted by atomic mass is 79.9. The lowest BCUT2D eigenvalue weighted by molar-refractivity contribution is 1.09. The molecule has 4 nitrogen and oxygen atoms in total. The quantitative estimate of drug-likeness (QED) is 0.770. The van der Waals surface area contributed by atoms with E-state index in [2.05, 4.69) is 33.9 Å². The Hall–Kier alpha value is -2.01. The summed E-state index contributed by atoms with van der Waals surface area (Å²) in [5.41, 5.74) is 11.3. The van der Waals surface area contributed by atoms with E-state index in [1.165, 1.54) is 0 Å². The number of pyridine rings is 1. The summed E-state index contributed by atoms with van der Waals surface area (Å²) in [5.74, 6) is 0.662. The molecule has 0 saturated carbocycles. The molecule has 5 heteroatoms. The van der Waals surface area contributed by atoms with Crippen molar-refractivity contribution in [2.24, 2.45) is 0 Å². The first-order chi connectivity index (χ1) is 9.97. The maximum Gasteiger partial charge on any atom is 0.139 e. The molecule has 0 aliphatic heterocycles. The van der Waals surface area contributed by atoms with Gasteiger partial charge in [0.1, 0.15) is 17.2 Å². The van der Waals surface area contributed by atoms with Gasteiger partial charge >= 0.3 is 0 Å². The molecule has 0 atom stereocenters. The summed E-state index contributed by atoms with van der Waals surface area (Å²) in [6.07, 6.45) is 2.01. The second kappa shape index (κ2) is 5.07. The Bertz CT molecular complexity index is 821. The van der Waals surface area contributed by atoms with E-state index in [0.29, 0.717) is 5.82 Å². The van der Waals surface area contributed by atoms with Crippen LogP contribution in [0.4, 0.5) is 11.5 Å². The first kappa shape index (κ1) is 13.9. The van der Waals surface area contributed by atoms with Crippen LogP contribution in [0, 0.1) is 6.92 Å². The van der Waals surface area contributed by atoms with Crippen molar-refractivity contribution in [2.45, 2.75) is 6.92 Å². The number of nitrogens with zero attached hydrogens (tertiary/aromatic N) is 3. The molecule has 0 radical (unpaired) electrons. The van der Waals surface area contributed by atoms with Crippen LogP contribution in [0.15, 0.2) is 41.0 Å².